The van der Waals surface area contributed by atoms with E-state index >= 15 is 0 Å². The predicted molar refractivity (Wildman–Crippen MR) is 57.6 cm³/mol. The molecule has 0 bridgehead atoms. The topological polar surface area (TPSA) is 44.9 Å². The van der Waals surface area contributed by atoms with Crippen molar-refractivity contribution in [3.63, 3.8) is 0 Å². The van der Waals surface area contributed by atoms with Crippen molar-refractivity contribution in [2.45, 2.75) is 18.9 Å². The van der Waals surface area contributed by atoms with E-state index in [0.717, 1.165) is 5.56 Å². The van der Waals surface area contributed by atoms with Crippen molar-refractivity contribution in [3.05, 3.63) is 18.0 Å². The number of hydrogen-bond acceptors (Lipinski definition) is 3. The van der Waals surface area contributed by atoms with E-state index in [2.05, 4.69) is 11.2 Å². The monoisotopic (exact) mass is 222 g/mol. The van der Waals surface area contributed by atoms with Gasteiger partial charge in [0.05, 0.1) is 18.7 Å². The number of rotatable bonds is 4. The Bertz CT molecular complexity index is 400. The largest absolute Gasteiger partial charge is 0.296 e. The normalized spacial score (nSPS) is 19.1. The second kappa shape index (κ2) is 4.22. The molecular formula is C11H15FN4. The maximum Gasteiger partial charge on any atom is 0.102 e. The highest BCUT2D eigenvalue weighted by Gasteiger charge is 2.44. The summed E-state index contributed by atoms with van der Waals surface area (Å²) in [4.78, 5) is 2.01. The van der Waals surface area contributed by atoms with E-state index in [1.165, 1.54) is 0 Å². The molecule has 1 fully saturated rings. The molecule has 1 aliphatic rings. The van der Waals surface area contributed by atoms with Gasteiger partial charge in [0, 0.05) is 25.8 Å². The molecule has 0 amide bonds. The van der Waals surface area contributed by atoms with E-state index in [1.807, 2.05) is 22.7 Å². The molecule has 1 aliphatic heterocycles. The van der Waals surface area contributed by atoms with Crippen LogP contribution < -0.4 is 0 Å². The summed E-state index contributed by atoms with van der Waals surface area (Å²) in [5.74, 6) is 0. The van der Waals surface area contributed by atoms with Gasteiger partial charge in [0.1, 0.15) is 12.2 Å². The molecule has 2 rings (SSSR count). The van der Waals surface area contributed by atoms with Crippen molar-refractivity contribution in [1.82, 2.24) is 14.7 Å². The standard InChI is InChI=1S/C11H15FN4/c1-10-6-14-16(7-10)11(2-4-13)8-15(9-11)5-3-12/h6-7H,2-3,5,8-9H2,1H3. The molecule has 1 aromatic rings. The molecule has 0 aromatic carbocycles. The van der Waals surface area contributed by atoms with Crippen molar-refractivity contribution in [3.8, 4) is 6.07 Å². The van der Waals surface area contributed by atoms with Crippen LogP contribution in [0.2, 0.25) is 0 Å². The Hall–Kier alpha value is -1.41. The van der Waals surface area contributed by atoms with E-state index in [-0.39, 0.29) is 12.2 Å². The molecule has 2 heterocycles. The van der Waals surface area contributed by atoms with E-state index in [9.17, 15) is 4.39 Å². The van der Waals surface area contributed by atoms with Crippen LogP contribution in [0, 0.1) is 18.3 Å². The Balaban J connectivity index is 2.11. The fraction of sp³-hybridized carbons (Fsp3) is 0.636. The van der Waals surface area contributed by atoms with Crippen LogP contribution in [-0.2, 0) is 5.54 Å². The van der Waals surface area contributed by atoms with Gasteiger partial charge in [0.25, 0.3) is 0 Å². The van der Waals surface area contributed by atoms with Gasteiger partial charge in [-0.15, -0.1) is 0 Å². The van der Waals surface area contributed by atoms with Crippen molar-refractivity contribution in [2.75, 3.05) is 26.3 Å². The van der Waals surface area contributed by atoms with Gasteiger partial charge in [-0.25, -0.2) is 4.39 Å². The van der Waals surface area contributed by atoms with Crippen molar-refractivity contribution >= 4 is 0 Å². The minimum atomic E-state index is -0.333. The SMILES string of the molecule is Cc1cnn(C2(CC#N)CN(CCF)C2)c1. The van der Waals surface area contributed by atoms with Gasteiger partial charge in [-0.3, -0.25) is 9.58 Å². The molecular weight excluding hydrogens is 207 g/mol. The highest BCUT2D eigenvalue weighted by molar-refractivity contribution is 5.09. The Morgan fingerprint density at radius 3 is 2.88 bits per heavy atom. The van der Waals surface area contributed by atoms with E-state index < -0.39 is 0 Å². The highest BCUT2D eigenvalue weighted by Crippen LogP contribution is 2.31. The Morgan fingerprint density at radius 2 is 2.38 bits per heavy atom. The van der Waals surface area contributed by atoms with Gasteiger partial charge in [-0.05, 0) is 12.5 Å². The summed E-state index contributed by atoms with van der Waals surface area (Å²) in [6.07, 6.45) is 4.16. The summed E-state index contributed by atoms with van der Waals surface area (Å²) in [5, 5.41) is 13.1. The maximum absolute atomic E-state index is 12.2. The molecule has 1 saturated heterocycles. The smallest absolute Gasteiger partial charge is 0.102 e. The highest BCUT2D eigenvalue weighted by atomic mass is 19.1. The van der Waals surface area contributed by atoms with Gasteiger partial charge >= 0.3 is 0 Å². The van der Waals surface area contributed by atoms with Gasteiger partial charge in [0.2, 0.25) is 0 Å². The van der Waals surface area contributed by atoms with Gasteiger partial charge in [-0.2, -0.15) is 10.4 Å². The van der Waals surface area contributed by atoms with Crippen LogP contribution >= 0.6 is 0 Å². The first-order valence-electron chi connectivity index (χ1n) is 5.37. The minimum absolute atomic E-state index is 0.238. The number of likely N-dealkylation sites (tertiary alicyclic amines) is 1. The summed E-state index contributed by atoms with van der Waals surface area (Å²) in [6, 6.07) is 2.20. The number of nitriles is 1. The fourth-order valence-electron chi connectivity index (χ4n) is 2.22. The first kappa shape index (κ1) is 11.1. The summed E-state index contributed by atoms with van der Waals surface area (Å²) in [7, 11) is 0. The summed E-state index contributed by atoms with van der Waals surface area (Å²) >= 11 is 0. The average molecular weight is 222 g/mol. The number of halogens is 1. The quantitative estimate of drug-likeness (QED) is 0.766. The van der Waals surface area contributed by atoms with Gasteiger partial charge in [-0.1, -0.05) is 0 Å². The zero-order valence-electron chi connectivity index (χ0n) is 9.36. The lowest BCUT2D eigenvalue weighted by Gasteiger charge is -2.48. The van der Waals surface area contributed by atoms with Crippen molar-refractivity contribution in [2.24, 2.45) is 0 Å². The summed E-state index contributed by atoms with van der Waals surface area (Å²) in [5.41, 5.74) is 0.847. The molecule has 0 unspecified atom stereocenters. The molecule has 0 radical (unpaired) electrons. The molecule has 0 saturated carbocycles. The van der Waals surface area contributed by atoms with Crippen LogP contribution in [0.4, 0.5) is 4.39 Å². The first-order chi connectivity index (χ1) is 7.70. The summed E-state index contributed by atoms with van der Waals surface area (Å²) < 4.78 is 14.0. The molecule has 0 N–H and O–H groups in total. The fourth-order valence-corrected chi connectivity index (χ4v) is 2.22. The zero-order valence-corrected chi connectivity index (χ0v) is 9.36. The number of alkyl halides is 1. The second-order valence-corrected chi connectivity index (χ2v) is 4.42. The molecule has 5 heteroatoms. The molecule has 16 heavy (non-hydrogen) atoms. The Labute approximate surface area is 94.3 Å². The van der Waals surface area contributed by atoms with Crippen LogP contribution in [0.15, 0.2) is 12.4 Å². The summed E-state index contributed by atoms with van der Waals surface area (Å²) in [6.45, 7) is 3.52. The lowest BCUT2D eigenvalue weighted by molar-refractivity contribution is 0.00192. The lowest BCUT2D eigenvalue weighted by atomic mass is 9.87. The Kier molecular flexibility index (Phi) is 2.92. The van der Waals surface area contributed by atoms with Gasteiger partial charge in [0.15, 0.2) is 0 Å². The zero-order chi connectivity index (χ0) is 11.6. The lowest BCUT2D eigenvalue weighted by Crippen LogP contribution is -2.62. The number of aryl methyl sites for hydroxylation is 1. The van der Waals surface area contributed by atoms with Crippen LogP contribution in [0.5, 0.6) is 0 Å². The third kappa shape index (κ3) is 1.81. The maximum atomic E-state index is 12.2. The third-order valence-corrected chi connectivity index (χ3v) is 3.04. The first-order valence-corrected chi connectivity index (χ1v) is 5.37. The van der Waals surface area contributed by atoms with E-state index in [4.69, 9.17) is 5.26 Å². The molecule has 0 spiro atoms. The van der Waals surface area contributed by atoms with Crippen LogP contribution in [0.1, 0.15) is 12.0 Å². The molecule has 0 aliphatic carbocycles. The Morgan fingerprint density at radius 1 is 1.62 bits per heavy atom. The van der Waals surface area contributed by atoms with E-state index in [0.29, 0.717) is 26.1 Å². The average Bonchev–Trinajstić information content (AvgIpc) is 2.62. The van der Waals surface area contributed by atoms with Crippen molar-refractivity contribution in [1.29, 1.82) is 5.26 Å². The van der Waals surface area contributed by atoms with Crippen LogP contribution in [0.3, 0.4) is 0 Å². The second-order valence-electron chi connectivity index (χ2n) is 4.42. The number of hydrogen-bond donors (Lipinski definition) is 0. The van der Waals surface area contributed by atoms with E-state index in [1.54, 1.807) is 6.20 Å². The number of nitrogens with zero attached hydrogens (tertiary/aromatic N) is 4. The molecule has 0 atom stereocenters. The molecule has 4 nitrogen and oxygen atoms in total. The molecule has 86 valence electrons. The third-order valence-electron chi connectivity index (χ3n) is 3.04. The van der Waals surface area contributed by atoms with Crippen molar-refractivity contribution < 1.29 is 4.39 Å². The molecule has 1 aromatic heterocycles. The predicted octanol–water partition coefficient (Wildman–Crippen LogP) is 1.09. The minimum Gasteiger partial charge on any atom is -0.296 e. The van der Waals surface area contributed by atoms with Crippen LogP contribution in [-0.4, -0.2) is 41.0 Å². The number of aromatic nitrogens is 2. The van der Waals surface area contributed by atoms with Gasteiger partial charge < -0.3 is 0 Å². The van der Waals surface area contributed by atoms with Crippen LogP contribution in [0.25, 0.3) is 0 Å².